The fourth-order valence-electron chi connectivity index (χ4n) is 11.8. The third-order valence-electron chi connectivity index (χ3n) is 13.9. The topological polar surface area (TPSA) is 120 Å². The highest BCUT2D eigenvalue weighted by Gasteiger charge is 2.63. The van der Waals surface area contributed by atoms with Gasteiger partial charge in [0.2, 0.25) is 0 Å². The number of aliphatic hydroxyl groups is 4. The van der Waals surface area contributed by atoms with Crippen LogP contribution in [0, 0.1) is 58.7 Å². The molecule has 0 amide bonds. The van der Waals surface area contributed by atoms with Crippen LogP contribution in [0.25, 0.3) is 0 Å². The summed E-state index contributed by atoms with van der Waals surface area (Å²) in [7, 11) is 0. The molecule has 0 radical (unpaired) electrons. The first kappa shape index (κ1) is 29.1. The van der Waals surface area contributed by atoms with Gasteiger partial charge in [0.25, 0.3) is 0 Å². The molecule has 0 unspecified atom stereocenters. The minimum atomic E-state index is -1.45. The first-order valence-electron chi connectivity index (χ1n) is 16.8. The lowest BCUT2D eigenvalue weighted by Crippen LogP contribution is -2.60. The van der Waals surface area contributed by atoms with Gasteiger partial charge in [0, 0.05) is 31.5 Å². The zero-order valence-electron chi connectivity index (χ0n) is 25.2. The number of ketones is 1. The summed E-state index contributed by atoms with van der Waals surface area (Å²) in [5.74, 6) is 6.08. The van der Waals surface area contributed by atoms with Crippen LogP contribution in [-0.2, 0) is 14.3 Å². The summed E-state index contributed by atoms with van der Waals surface area (Å²) < 4.78 is 11.8. The number of carbonyl (C=O) groups is 1. The molecule has 232 valence electrons. The Morgan fingerprint density at radius 1 is 0.902 bits per heavy atom. The van der Waals surface area contributed by atoms with Crippen LogP contribution in [0.15, 0.2) is 0 Å². The molecule has 8 heteroatoms. The normalized spacial score (nSPS) is 57.2. The van der Waals surface area contributed by atoms with Crippen LogP contribution in [0.1, 0.15) is 78.6 Å². The molecular weight excluding hydrogens is 522 g/mol. The van der Waals surface area contributed by atoms with E-state index in [1.165, 1.54) is 45.2 Å². The average molecular weight is 576 g/mol. The van der Waals surface area contributed by atoms with E-state index in [1.54, 1.807) is 0 Å². The summed E-state index contributed by atoms with van der Waals surface area (Å²) in [6, 6.07) is 0.773. The predicted molar refractivity (Wildman–Crippen MR) is 151 cm³/mol. The lowest BCUT2D eigenvalue weighted by molar-refractivity contribution is -0.315. The Hall–Kier alpha value is -0.610. The van der Waals surface area contributed by atoms with E-state index in [4.69, 9.17) is 9.47 Å². The molecule has 0 aromatic carbocycles. The third kappa shape index (κ3) is 4.60. The zero-order valence-corrected chi connectivity index (χ0v) is 25.2. The van der Waals surface area contributed by atoms with Crippen molar-refractivity contribution in [2.45, 2.75) is 121 Å². The molecule has 41 heavy (non-hydrogen) atoms. The lowest BCUT2D eigenvalue weighted by Gasteiger charge is -2.56. The molecule has 0 aromatic heterocycles. The highest BCUT2D eigenvalue weighted by molar-refractivity contribution is 5.83. The number of nitrogens with zero attached hydrogens (tertiary/aromatic N) is 1. The van der Waals surface area contributed by atoms with Gasteiger partial charge in [-0.1, -0.05) is 20.8 Å². The molecule has 8 nitrogen and oxygen atoms in total. The van der Waals surface area contributed by atoms with Crippen LogP contribution in [0.2, 0.25) is 0 Å². The van der Waals surface area contributed by atoms with Crippen LogP contribution in [-0.4, -0.2) is 93.7 Å². The molecule has 0 aromatic rings. The number of fused-ring (bicyclic) bond motifs is 8. The standard InChI is InChI=1S/C33H53NO7/c1-16-4-7-26-17(2)19-5-6-20-21(23(19)14-34(26)13-16)11-24-22(20)12-27(36)25-10-18(8-9-33(24,25)3)40-32-31(39)30(38)29(37)28(15-35)41-32/h16-26,28-32,35,37-39H,4-15H2,1-3H3/t16-,17-,18+,19-,20-,21-,22+,23-,24+,25-,26+,28-,29-,30+,31-,32-,33-/m1/s1. The van der Waals surface area contributed by atoms with Crippen LogP contribution in [0.3, 0.4) is 0 Å². The number of aliphatic hydroxyl groups excluding tert-OH is 4. The monoisotopic (exact) mass is 575 g/mol. The van der Waals surface area contributed by atoms with Crippen molar-refractivity contribution in [1.82, 2.24) is 4.90 Å². The first-order chi connectivity index (χ1) is 19.6. The molecule has 7 aliphatic rings. The molecule has 3 heterocycles. The SMILES string of the molecule is C[C@@H]1CC[C@H]2[C@H](C)[C@H]3CC[C@@H]4[C@@H](C[C@H]5[C@H]4CC(=O)[C@H]4C[C@@H](O[C@@H]6O[C@H](CO)[C@@H](O)[C@H](O)[C@H]6O)CC[C@@]45C)[C@@H]3CN2C1. The maximum atomic E-state index is 13.9. The summed E-state index contributed by atoms with van der Waals surface area (Å²) in [4.78, 5) is 16.7. The maximum absolute atomic E-state index is 13.9. The van der Waals surface area contributed by atoms with E-state index in [0.717, 1.165) is 48.5 Å². The van der Waals surface area contributed by atoms with Crippen molar-refractivity contribution in [3.63, 3.8) is 0 Å². The van der Waals surface area contributed by atoms with E-state index < -0.39 is 37.3 Å². The smallest absolute Gasteiger partial charge is 0.186 e. The van der Waals surface area contributed by atoms with Crippen molar-refractivity contribution in [2.75, 3.05) is 19.7 Å². The van der Waals surface area contributed by atoms with Gasteiger partial charge in [-0.2, -0.15) is 0 Å². The third-order valence-corrected chi connectivity index (χ3v) is 13.9. The number of Topliss-reactive ketones (excluding diaryl/α,β-unsaturated/α-hetero) is 1. The summed E-state index contributed by atoms with van der Waals surface area (Å²) >= 11 is 0. The van der Waals surface area contributed by atoms with Crippen molar-refractivity contribution in [2.24, 2.45) is 58.7 Å². The van der Waals surface area contributed by atoms with E-state index >= 15 is 0 Å². The summed E-state index contributed by atoms with van der Waals surface area (Å²) in [6.45, 7) is 9.41. The van der Waals surface area contributed by atoms with E-state index in [0.29, 0.717) is 36.4 Å². The first-order valence-corrected chi connectivity index (χ1v) is 16.8. The van der Waals surface area contributed by atoms with Gasteiger partial charge in [0.05, 0.1) is 12.7 Å². The van der Waals surface area contributed by atoms with Crippen molar-refractivity contribution >= 4 is 5.78 Å². The molecule has 7 fully saturated rings. The maximum Gasteiger partial charge on any atom is 0.186 e. The second-order valence-electron chi connectivity index (χ2n) is 15.8. The second-order valence-corrected chi connectivity index (χ2v) is 15.8. The lowest BCUT2D eigenvalue weighted by atomic mass is 9.51. The minimum absolute atomic E-state index is 0.0233. The number of carbonyl (C=O) groups excluding carboxylic acids is 1. The molecule has 0 bridgehead atoms. The molecule has 3 saturated heterocycles. The highest BCUT2D eigenvalue weighted by atomic mass is 16.7. The highest BCUT2D eigenvalue weighted by Crippen LogP contribution is 2.66. The molecule has 4 aliphatic carbocycles. The summed E-state index contributed by atoms with van der Waals surface area (Å²) in [6.07, 6.45) is 3.05. The summed E-state index contributed by atoms with van der Waals surface area (Å²) in [5, 5.41) is 40.4. The Balaban J connectivity index is 1.06. The van der Waals surface area contributed by atoms with E-state index in [1.807, 2.05) is 0 Å². The van der Waals surface area contributed by atoms with Gasteiger partial charge in [-0.15, -0.1) is 0 Å². The minimum Gasteiger partial charge on any atom is -0.394 e. The quantitative estimate of drug-likeness (QED) is 0.379. The number of hydrogen-bond acceptors (Lipinski definition) is 8. The van der Waals surface area contributed by atoms with Crippen molar-refractivity contribution in [3.8, 4) is 0 Å². The molecule has 4 saturated carbocycles. The van der Waals surface area contributed by atoms with Crippen LogP contribution in [0.5, 0.6) is 0 Å². The number of ether oxygens (including phenoxy) is 2. The van der Waals surface area contributed by atoms with Crippen LogP contribution in [0.4, 0.5) is 0 Å². The Morgan fingerprint density at radius 3 is 2.46 bits per heavy atom. The Labute approximate surface area is 245 Å². The van der Waals surface area contributed by atoms with Gasteiger partial charge in [0.1, 0.15) is 30.2 Å². The molecular formula is C33H53NO7. The van der Waals surface area contributed by atoms with Gasteiger partial charge in [0.15, 0.2) is 6.29 Å². The predicted octanol–water partition coefficient (Wildman–Crippen LogP) is 2.60. The molecule has 17 atom stereocenters. The largest absolute Gasteiger partial charge is 0.394 e. The van der Waals surface area contributed by atoms with Crippen LogP contribution < -0.4 is 0 Å². The van der Waals surface area contributed by atoms with E-state index in [2.05, 4.69) is 25.7 Å². The fraction of sp³-hybridized carbons (Fsp3) is 0.970. The average Bonchev–Trinajstić information content (AvgIpc) is 3.34. The molecule has 7 rings (SSSR count). The molecule has 4 N–H and O–H groups in total. The number of piperidine rings is 2. The van der Waals surface area contributed by atoms with Crippen molar-refractivity contribution in [3.05, 3.63) is 0 Å². The molecule has 0 spiro atoms. The van der Waals surface area contributed by atoms with Gasteiger partial charge in [-0.25, -0.2) is 0 Å². The van der Waals surface area contributed by atoms with E-state index in [9.17, 15) is 25.2 Å². The zero-order chi connectivity index (χ0) is 28.8. The van der Waals surface area contributed by atoms with Crippen molar-refractivity contribution in [1.29, 1.82) is 0 Å². The Morgan fingerprint density at radius 2 is 1.68 bits per heavy atom. The Kier molecular flexibility index (Phi) is 7.66. The van der Waals surface area contributed by atoms with Gasteiger partial charge >= 0.3 is 0 Å². The van der Waals surface area contributed by atoms with Crippen LogP contribution >= 0.6 is 0 Å². The fourth-order valence-corrected chi connectivity index (χ4v) is 11.8. The van der Waals surface area contributed by atoms with Gasteiger partial charge in [-0.05, 0) is 104 Å². The second kappa shape index (κ2) is 10.8. The Bertz CT molecular complexity index is 991. The molecule has 3 aliphatic heterocycles. The van der Waals surface area contributed by atoms with E-state index in [-0.39, 0.29) is 17.4 Å². The number of hydrogen-bond donors (Lipinski definition) is 4. The van der Waals surface area contributed by atoms with Crippen molar-refractivity contribution < 1.29 is 34.7 Å². The number of rotatable bonds is 3. The van der Waals surface area contributed by atoms with Gasteiger partial charge < -0.3 is 29.9 Å². The van der Waals surface area contributed by atoms with Gasteiger partial charge in [-0.3, -0.25) is 9.69 Å². The summed E-state index contributed by atoms with van der Waals surface area (Å²) in [5.41, 5.74) is -0.0233.